The largest absolute Gasteiger partial charge is 0.353 e. The fraction of sp³-hybridized carbons (Fsp3) is 0.611. The molecule has 23 heavy (non-hydrogen) atoms. The minimum absolute atomic E-state index is 0.124. The maximum atomic E-state index is 13.4. The van der Waals surface area contributed by atoms with Crippen LogP contribution in [0.15, 0.2) is 29.3 Å². The molecule has 3 rings (SSSR count). The second-order valence-electron chi connectivity index (χ2n) is 6.75. The predicted molar refractivity (Wildman–Crippen MR) is 93.1 cm³/mol. The molecule has 2 saturated carbocycles. The second-order valence-corrected chi connectivity index (χ2v) is 6.75. The summed E-state index contributed by atoms with van der Waals surface area (Å²) in [4.78, 5) is 4.85. The summed E-state index contributed by atoms with van der Waals surface area (Å²) in [6.45, 7) is 0. The summed E-state index contributed by atoms with van der Waals surface area (Å²) in [6, 6.07) is 7.23. The van der Waals surface area contributed by atoms with Gasteiger partial charge in [-0.3, -0.25) is 0 Å². The van der Waals surface area contributed by atoms with Gasteiger partial charge in [-0.2, -0.15) is 0 Å². The number of nitrogens with one attached hydrogen (secondary N) is 2. The van der Waals surface area contributed by atoms with Gasteiger partial charge in [0.25, 0.3) is 0 Å². The van der Waals surface area contributed by atoms with Crippen molar-refractivity contribution in [2.45, 2.75) is 69.5 Å². The Hall–Kier alpha value is -1.62. The van der Waals surface area contributed by atoms with Crippen molar-refractivity contribution in [3.63, 3.8) is 0 Å². The van der Waals surface area contributed by atoms with Crippen molar-refractivity contribution in [1.29, 1.82) is 0 Å². The van der Waals surface area contributed by atoms with Crippen molar-refractivity contribution in [2.24, 2.45) is 10.7 Å². The Morgan fingerprint density at radius 1 is 1.09 bits per heavy atom. The number of anilines is 1. The van der Waals surface area contributed by atoms with E-state index >= 15 is 0 Å². The van der Waals surface area contributed by atoms with Gasteiger partial charge in [0, 0.05) is 17.8 Å². The van der Waals surface area contributed by atoms with E-state index < -0.39 is 0 Å². The Balaban J connectivity index is 1.74. The van der Waals surface area contributed by atoms with Crippen LogP contribution in [0.4, 0.5) is 10.1 Å². The Kier molecular flexibility index (Phi) is 5.49. The van der Waals surface area contributed by atoms with Crippen molar-refractivity contribution >= 4 is 11.6 Å². The van der Waals surface area contributed by atoms with E-state index in [1.807, 2.05) is 6.07 Å². The third kappa shape index (κ3) is 4.67. The molecule has 0 bridgehead atoms. The van der Waals surface area contributed by atoms with Crippen LogP contribution < -0.4 is 16.4 Å². The quantitative estimate of drug-likeness (QED) is 0.591. The van der Waals surface area contributed by atoms with E-state index in [0.717, 1.165) is 24.5 Å². The van der Waals surface area contributed by atoms with Gasteiger partial charge in [-0.05, 0) is 43.9 Å². The minimum atomic E-state index is -0.246. The zero-order chi connectivity index (χ0) is 16.1. The van der Waals surface area contributed by atoms with Crippen molar-refractivity contribution in [3.8, 4) is 0 Å². The molecule has 126 valence electrons. The average Bonchev–Trinajstić information content (AvgIpc) is 3.02. The molecule has 0 spiro atoms. The first-order valence-corrected chi connectivity index (χ1v) is 8.83. The number of guanidine groups is 1. The molecule has 4 N–H and O–H groups in total. The molecule has 0 aliphatic heterocycles. The fourth-order valence-electron chi connectivity index (χ4n) is 3.54. The van der Waals surface area contributed by atoms with Gasteiger partial charge in [-0.25, -0.2) is 9.38 Å². The first-order chi connectivity index (χ1) is 11.2. The Morgan fingerprint density at radius 2 is 1.83 bits per heavy atom. The summed E-state index contributed by atoms with van der Waals surface area (Å²) in [6.07, 6.45) is 9.28. The standard InChI is InChI=1S/C18H27FN4/c19-13-6-5-9-15(12-13)22-18(21-14-7-1-2-8-14)23-17-11-4-3-10-16(17)20/h5-6,9,12,14,16-17H,1-4,7-8,10-11,20H2,(H2,21,22,23)/t16-,17-/m0/s1. The number of halogens is 1. The molecule has 1 aromatic carbocycles. The van der Waals surface area contributed by atoms with Crippen LogP contribution in [-0.2, 0) is 0 Å². The first kappa shape index (κ1) is 16.2. The lowest BCUT2D eigenvalue weighted by molar-refractivity contribution is 0.385. The highest BCUT2D eigenvalue weighted by Crippen LogP contribution is 2.21. The van der Waals surface area contributed by atoms with Crippen LogP contribution in [0.2, 0.25) is 0 Å². The van der Waals surface area contributed by atoms with Gasteiger partial charge in [0.2, 0.25) is 0 Å². The average molecular weight is 318 g/mol. The van der Waals surface area contributed by atoms with Crippen molar-refractivity contribution in [2.75, 3.05) is 5.32 Å². The van der Waals surface area contributed by atoms with Crippen LogP contribution in [-0.4, -0.2) is 24.1 Å². The number of hydrogen-bond acceptors (Lipinski definition) is 2. The highest BCUT2D eigenvalue weighted by Gasteiger charge is 2.23. The van der Waals surface area contributed by atoms with Gasteiger partial charge in [0.1, 0.15) is 5.82 Å². The molecule has 2 fully saturated rings. The van der Waals surface area contributed by atoms with Gasteiger partial charge >= 0.3 is 0 Å². The number of rotatable bonds is 3. The van der Waals surface area contributed by atoms with E-state index in [2.05, 4.69) is 10.6 Å². The third-order valence-electron chi connectivity index (χ3n) is 4.86. The van der Waals surface area contributed by atoms with E-state index in [-0.39, 0.29) is 17.9 Å². The van der Waals surface area contributed by atoms with Crippen LogP contribution in [0.3, 0.4) is 0 Å². The molecule has 0 heterocycles. The molecule has 0 amide bonds. The molecule has 0 radical (unpaired) electrons. The summed E-state index contributed by atoms with van der Waals surface area (Å²) in [5.41, 5.74) is 6.95. The maximum absolute atomic E-state index is 13.4. The topological polar surface area (TPSA) is 62.4 Å². The Bertz CT molecular complexity index is 540. The smallest absolute Gasteiger partial charge is 0.196 e. The van der Waals surface area contributed by atoms with Crippen LogP contribution in [0.25, 0.3) is 0 Å². The van der Waals surface area contributed by atoms with Crippen LogP contribution >= 0.6 is 0 Å². The lowest BCUT2D eigenvalue weighted by Crippen LogP contribution is -2.42. The molecular weight excluding hydrogens is 291 g/mol. The number of aliphatic imine (C=N–C) groups is 1. The Labute approximate surface area is 137 Å². The molecule has 2 aliphatic rings. The second kappa shape index (κ2) is 7.77. The lowest BCUT2D eigenvalue weighted by atomic mass is 9.91. The van der Waals surface area contributed by atoms with E-state index in [4.69, 9.17) is 10.7 Å². The zero-order valence-electron chi connectivity index (χ0n) is 13.6. The molecule has 2 aliphatic carbocycles. The van der Waals surface area contributed by atoms with Crippen LogP contribution in [0.5, 0.6) is 0 Å². The third-order valence-corrected chi connectivity index (χ3v) is 4.86. The highest BCUT2D eigenvalue weighted by atomic mass is 19.1. The molecule has 5 heteroatoms. The monoisotopic (exact) mass is 318 g/mol. The van der Waals surface area contributed by atoms with Gasteiger partial charge in [-0.15, -0.1) is 0 Å². The normalized spacial score (nSPS) is 26.3. The minimum Gasteiger partial charge on any atom is -0.353 e. The van der Waals surface area contributed by atoms with Crippen molar-refractivity contribution < 1.29 is 4.39 Å². The molecule has 1 aromatic rings. The summed E-state index contributed by atoms with van der Waals surface area (Å²) in [7, 11) is 0. The van der Waals surface area contributed by atoms with E-state index in [9.17, 15) is 4.39 Å². The molecule has 0 aromatic heterocycles. The van der Waals surface area contributed by atoms with E-state index in [0.29, 0.717) is 6.04 Å². The van der Waals surface area contributed by atoms with Crippen LogP contribution in [0, 0.1) is 5.82 Å². The molecule has 2 atom stereocenters. The van der Waals surface area contributed by atoms with Crippen molar-refractivity contribution in [3.05, 3.63) is 30.1 Å². The van der Waals surface area contributed by atoms with Gasteiger partial charge < -0.3 is 16.4 Å². The molecule has 4 nitrogen and oxygen atoms in total. The number of benzene rings is 1. The summed E-state index contributed by atoms with van der Waals surface area (Å²) in [5, 5.41) is 6.77. The number of hydrogen-bond donors (Lipinski definition) is 3. The maximum Gasteiger partial charge on any atom is 0.196 e. The zero-order valence-corrected chi connectivity index (χ0v) is 13.6. The van der Waals surface area contributed by atoms with Crippen LogP contribution in [0.1, 0.15) is 51.4 Å². The Morgan fingerprint density at radius 3 is 2.57 bits per heavy atom. The SMILES string of the molecule is N[C@H]1CCCC[C@@H]1N=C(Nc1cccc(F)c1)NC1CCCC1. The van der Waals surface area contributed by atoms with Crippen molar-refractivity contribution in [1.82, 2.24) is 5.32 Å². The summed E-state index contributed by atoms with van der Waals surface area (Å²) < 4.78 is 13.4. The van der Waals surface area contributed by atoms with E-state index in [1.54, 1.807) is 6.07 Å². The molecular formula is C18H27FN4. The molecule has 0 saturated heterocycles. The fourth-order valence-corrected chi connectivity index (χ4v) is 3.54. The van der Waals surface area contributed by atoms with E-state index in [1.165, 1.54) is 50.7 Å². The number of nitrogens with two attached hydrogens (primary N) is 1. The lowest BCUT2D eigenvalue weighted by Gasteiger charge is -2.27. The summed E-state index contributed by atoms with van der Waals surface area (Å²) in [5.74, 6) is 0.495. The number of nitrogens with zero attached hydrogens (tertiary/aromatic N) is 1. The van der Waals surface area contributed by atoms with Gasteiger partial charge in [-0.1, -0.05) is 31.7 Å². The molecule has 0 unspecified atom stereocenters. The highest BCUT2D eigenvalue weighted by molar-refractivity contribution is 5.94. The predicted octanol–water partition coefficient (Wildman–Crippen LogP) is 3.40. The van der Waals surface area contributed by atoms with Gasteiger partial charge in [0.15, 0.2) is 5.96 Å². The first-order valence-electron chi connectivity index (χ1n) is 8.83. The van der Waals surface area contributed by atoms with Gasteiger partial charge in [0.05, 0.1) is 6.04 Å². The summed E-state index contributed by atoms with van der Waals surface area (Å²) >= 11 is 0.